The van der Waals surface area contributed by atoms with Crippen molar-refractivity contribution in [2.45, 2.75) is 18.8 Å². The molecule has 0 bridgehead atoms. The molecule has 1 atom stereocenters. The standard InChI is InChI=1S/C21H18N2O2.ClH/c24-21(25)13-17(12-20-22-18-7-3-4-8-19(18)23-20)16-10-9-14-5-1-2-6-15(14)11-16;/h1-11,17H,12-13H2,(H,22,23)(H,24,25);1H. The van der Waals surface area contributed by atoms with Crippen LogP contribution < -0.4 is 0 Å². The molecule has 0 radical (unpaired) electrons. The second-order valence-corrected chi connectivity index (χ2v) is 6.31. The van der Waals surface area contributed by atoms with Crippen molar-refractivity contribution in [2.24, 2.45) is 0 Å². The van der Waals surface area contributed by atoms with E-state index in [9.17, 15) is 9.90 Å². The Morgan fingerprint density at radius 1 is 1.00 bits per heavy atom. The molecular weight excluding hydrogens is 348 g/mol. The van der Waals surface area contributed by atoms with Gasteiger partial charge in [0.1, 0.15) is 5.82 Å². The molecule has 0 aliphatic carbocycles. The Morgan fingerprint density at radius 2 is 1.73 bits per heavy atom. The summed E-state index contributed by atoms with van der Waals surface area (Å²) in [5.41, 5.74) is 2.91. The summed E-state index contributed by atoms with van der Waals surface area (Å²) in [5.74, 6) is -0.0995. The van der Waals surface area contributed by atoms with E-state index in [4.69, 9.17) is 0 Å². The van der Waals surface area contributed by atoms with Gasteiger partial charge in [-0.15, -0.1) is 12.4 Å². The van der Waals surface area contributed by atoms with Crippen LogP contribution in [0.4, 0.5) is 0 Å². The van der Waals surface area contributed by atoms with Crippen LogP contribution in [0.5, 0.6) is 0 Å². The highest BCUT2D eigenvalue weighted by atomic mass is 35.5. The third kappa shape index (κ3) is 3.70. The zero-order chi connectivity index (χ0) is 17.2. The fourth-order valence-corrected chi connectivity index (χ4v) is 3.32. The van der Waals surface area contributed by atoms with E-state index in [0.29, 0.717) is 6.42 Å². The minimum Gasteiger partial charge on any atom is -0.481 e. The lowest BCUT2D eigenvalue weighted by Gasteiger charge is -2.15. The Bertz CT molecular complexity index is 1020. The monoisotopic (exact) mass is 366 g/mol. The Balaban J connectivity index is 0.00000196. The number of benzene rings is 3. The molecule has 5 heteroatoms. The highest BCUT2D eigenvalue weighted by Crippen LogP contribution is 2.27. The topological polar surface area (TPSA) is 66.0 Å². The van der Waals surface area contributed by atoms with Crippen molar-refractivity contribution in [1.82, 2.24) is 9.97 Å². The van der Waals surface area contributed by atoms with Crippen LogP contribution in [0, 0.1) is 0 Å². The maximum atomic E-state index is 11.4. The number of hydrogen-bond acceptors (Lipinski definition) is 2. The fraction of sp³-hybridized carbons (Fsp3) is 0.143. The predicted octanol–water partition coefficient (Wildman–Crippen LogP) is 4.94. The minimum absolute atomic E-state index is 0. The number of halogens is 1. The lowest BCUT2D eigenvalue weighted by molar-refractivity contribution is -0.137. The molecule has 2 N–H and O–H groups in total. The first kappa shape index (κ1) is 18.0. The molecule has 0 aliphatic rings. The Kier molecular flexibility index (Phi) is 5.24. The number of aromatic nitrogens is 2. The molecule has 3 aromatic carbocycles. The Hall–Kier alpha value is -2.85. The number of aromatic amines is 1. The van der Waals surface area contributed by atoms with E-state index in [2.05, 4.69) is 34.2 Å². The van der Waals surface area contributed by atoms with Crippen LogP contribution in [0.2, 0.25) is 0 Å². The van der Waals surface area contributed by atoms with Gasteiger partial charge in [-0.05, 0) is 28.5 Å². The van der Waals surface area contributed by atoms with Crippen LogP contribution in [0.15, 0.2) is 66.7 Å². The summed E-state index contributed by atoms with van der Waals surface area (Å²) >= 11 is 0. The summed E-state index contributed by atoms with van der Waals surface area (Å²) in [4.78, 5) is 19.3. The number of fused-ring (bicyclic) bond motifs is 2. The first-order chi connectivity index (χ1) is 12.2. The summed E-state index contributed by atoms with van der Waals surface area (Å²) in [6, 6.07) is 22.1. The second kappa shape index (κ2) is 7.58. The van der Waals surface area contributed by atoms with Crippen LogP contribution in [0.25, 0.3) is 21.8 Å². The van der Waals surface area contributed by atoms with Gasteiger partial charge in [0.25, 0.3) is 0 Å². The quantitative estimate of drug-likeness (QED) is 0.525. The Labute approximate surface area is 157 Å². The maximum absolute atomic E-state index is 11.4. The van der Waals surface area contributed by atoms with Crippen molar-refractivity contribution in [3.05, 3.63) is 78.1 Å². The smallest absolute Gasteiger partial charge is 0.303 e. The van der Waals surface area contributed by atoms with Crippen LogP contribution in [-0.2, 0) is 11.2 Å². The first-order valence-electron chi connectivity index (χ1n) is 8.33. The number of carbonyl (C=O) groups is 1. The van der Waals surface area contributed by atoms with E-state index in [1.807, 2.05) is 42.5 Å². The van der Waals surface area contributed by atoms with Crippen LogP contribution >= 0.6 is 12.4 Å². The number of nitrogens with one attached hydrogen (secondary N) is 1. The molecule has 132 valence electrons. The lowest BCUT2D eigenvalue weighted by Crippen LogP contribution is -2.10. The molecule has 0 aliphatic heterocycles. The Morgan fingerprint density at radius 3 is 2.50 bits per heavy atom. The summed E-state index contributed by atoms with van der Waals surface area (Å²) < 4.78 is 0. The average Bonchev–Trinajstić information content (AvgIpc) is 3.03. The number of carboxylic acid groups (broad SMARTS) is 1. The maximum Gasteiger partial charge on any atom is 0.303 e. The van der Waals surface area contributed by atoms with Gasteiger partial charge in [0, 0.05) is 12.3 Å². The second-order valence-electron chi connectivity index (χ2n) is 6.31. The van der Waals surface area contributed by atoms with Gasteiger partial charge in [0.05, 0.1) is 17.5 Å². The lowest BCUT2D eigenvalue weighted by atomic mass is 9.90. The molecule has 1 heterocycles. The van der Waals surface area contributed by atoms with Gasteiger partial charge in [0.15, 0.2) is 0 Å². The number of carboxylic acids is 1. The number of nitrogens with zero attached hydrogens (tertiary/aromatic N) is 1. The molecule has 0 spiro atoms. The molecule has 0 saturated carbocycles. The first-order valence-corrected chi connectivity index (χ1v) is 8.33. The van der Waals surface area contributed by atoms with Crippen LogP contribution in [0.1, 0.15) is 23.7 Å². The van der Waals surface area contributed by atoms with E-state index in [1.165, 1.54) is 0 Å². The fourth-order valence-electron chi connectivity index (χ4n) is 3.32. The minimum atomic E-state index is -0.797. The highest BCUT2D eigenvalue weighted by molar-refractivity contribution is 5.85. The van der Waals surface area contributed by atoms with Crippen molar-refractivity contribution in [3.63, 3.8) is 0 Å². The van der Waals surface area contributed by atoms with Crippen molar-refractivity contribution < 1.29 is 9.90 Å². The molecular formula is C21H19ClN2O2. The van der Waals surface area contributed by atoms with E-state index < -0.39 is 5.97 Å². The van der Waals surface area contributed by atoms with Gasteiger partial charge in [-0.2, -0.15) is 0 Å². The number of aliphatic carboxylic acids is 1. The van der Waals surface area contributed by atoms with Crippen molar-refractivity contribution in [1.29, 1.82) is 0 Å². The zero-order valence-electron chi connectivity index (χ0n) is 14.1. The van der Waals surface area contributed by atoms with Gasteiger partial charge in [0.2, 0.25) is 0 Å². The summed E-state index contributed by atoms with van der Waals surface area (Å²) in [6.07, 6.45) is 0.648. The SMILES string of the molecule is Cl.O=C(O)CC(Cc1nc2ccccc2[nH]1)c1ccc2ccccc2c1. The van der Waals surface area contributed by atoms with Crippen molar-refractivity contribution >= 4 is 40.2 Å². The zero-order valence-corrected chi connectivity index (χ0v) is 14.9. The van der Waals surface area contributed by atoms with E-state index in [-0.39, 0.29) is 24.7 Å². The molecule has 26 heavy (non-hydrogen) atoms. The number of H-pyrrole nitrogens is 1. The number of hydrogen-bond donors (Lipinski definition) is 2. The number of rotatable bonds is 5. The highest BCUT2D eigenvalue weighted by Gasteiger charge is 2.18. The van der Waals surface area contributed by atoms with Crippen molar-refractivity contribution in [3.8, 4) is 0 Å². The third-order valence-corrected chi connectivity index (χ3v) is 4.54. The third-order valence-electron chi connectivity index (χ3n) is 4.54. The normalized spacial score (nSPS) is 12.0. The summed E-state index contributed by atoms with van der Waals surface area (Å²) in [7, 11) is 0. The van der Waals surface area contributed by atoms with Gasteiger partial charge < -0.3 is 10.1 Å². The summed E-state index contributed by atoms with van der Waals surface area (Å²) in [5, 5.41) is 11.6. The van der Waals surface area contributed by atoms with Gasteiger partial charge in [-0.25, -0.2) is 4.98 Å². The molecule has 0 amide bonds. The molecule has 1 aromatic heterocycles. The van der Waals surface area contributed by atoms with E-state index in [0.717, 1.165) is 33.2 Å². The van der Waals surface area contributed by atoms with E-state index in [1.54, 1.807) is 0 Å². The van der Waals surface area contributed by atoms with E-state index >= 15 is 0 Å². The molecule has 4 nitrogen and oxygen atoms in total. The number of imidazole rings is 1. The number of para-hydroxylation sites is 2. The molecule has 4 rings (SSSR count). The van der Waals surface area contributed by atoms with Gasteiger partial charge in [-0.3, -0.25) is 4.79 Å². The molecule has 1 unspecified atom stereocenters. The van der Waals surface area contributed by atoms with Gasteiger partial charge >= 0.3 is 5.97 Å². The summed E-state index contributed by atoms with van der Waals surface area (Å²) in [6.45, 7) is 0. The van der Waals surface area contributed by atoms with Crippen LogP contribution in [0.3, 0.4) is 0 Å². The largest absolute Gasteiger partial charge is 0.481 e. The molecule has 0 saturated heterocycles. The van der Waals surface area contributed by atoms with Crippen molar-refractivity contribution in [2.75, 3.05) is 0 Å². The van der Waals surface area contributed by atoms with Gasteiger partial charge in [-0.1, -0.05) is 54.6 Å². The van der Waals surface area contributed by atoms with Crippen LogP contribution in [-0.4, -0.2) is 21.0 Å². The predicted molar refractivity (Wildman–Crippen MR) is 106 cm³/mol. The molecule has 4 aromatic rings. The average molecular weight is 367 g/mol. The molecule has 0 fully saturated rings.